The Morgan fingerprint density at radius 2 is 2.23 bits per heavy atom. The van der Waals surface area contributed by atoms with E-state index in [1.165, 1.54) is 0 Å². The molecule has 0 spiro atoms. The van der Waals surface area contributed by atoms with Gasteiger partial charge in [-0.25, -0.2) is 4.98 Å². The summed E-state index contributed by atoms with van der Waals surface area (Å²) < 4.78 is 16.1. The van der Waals surface area contributed by atoms with Crippen LogP contribution in [0.15, 0.2) is 12.3 Å². The van der Waals surface area contributed by atoms with Crippen LogP contribution in [-0.2, 0) is 4.74 Å². The van der Waals surface area contributed by atoms with Gasteiger partial charge in [-0.1, -0.05) is 0 Å². The number of nitrogens with zero attached hydrogens (tertiary/aromatic N) is 1. The molecule has 0 aliphatic carbocycles. The van der Waals surface area contributed by atoms with E-state index in [1.54, 1.807) is 20.4 Å². The predicted molar refractivity (Wildman–Crippen MR) is 56.0 cm³/mol. The summed E-state index contributed by atoms with van der Waals surface area (Å²) in [6.45, 7) is 0.193. The van der Waals surface area contributed by atoms with Crippen LogP contribution in [0.1, 0.15) is 0 Å². The number of ether oxygens (including phenoxy) is 3. The molecule has 0 bridgehead atoms. The Kier molecular flexibility index (Phi) is 4.23. The van der Waals surface area contributed by atoms with Crippen molar-refractivity contribution in [2.75, 3.05) is 21.0 Å². The maximum absolute atomic E-state index is 5.29. The Morgan fingerprint density at radius 1 is 1.46 bits per heavy atom. The highest BCUT2D eigenvalue weighted by atomic mass is 127. The van der Waals surface area contributed by atoms with Gasteiger partial charge in [-0.3, -0.25) is 0 Å². The molecule has 0 saturated carbocycles. The minimum atomic E-state index is 0.193. The highest BCUT2D eigenvalue weighted by Crippen LogP contribution is 2.29. The van der Waals surface area contributed by atoms with E-state index in [-0.39, 0.29) is 6.79 Å². The molecule has 5 heteroatoms. The third kappa shape index (κ3) is 2.70. The summed E-state index contributed by atoms with van der Waals surface area (Å²) >= 11 is 2.15. The van der Waals surface area contributed by atoms with Gasteiger partial charge in [-0.15, -0.1) is 0 Å². The lowest BCUT2D eigenvalue weighted by Crippen LogP contribution is -2.03. The van der Waals surface area contributed by atoms with E-state index < -0.39 is 0 Å². The largest absolute Gasteiger partial charge is 0.478 e. The fraction of sp³-hybridized carbons (Fsp3) is 0.375. The van der Waals surface area contributed by atoms with Crippen LogP contribution < -0.4 is 9.47 Å². The molecule has 1 heterocycles. The van der Waals surface area contributed by atoms with Gasteiger partial charge in [-0.2, -0.15) is 0 Å². The lowest BCUT2D eigenvalue weighted by molar-refractivity contribution is 0.0480. The fourth-order valence-electron chi connectivity index (χ4n) is 0.801. The van der Waals surface area contributed by atoms with Crippen molar-refractivity contribution < 1.29 is 14.2 Å². The van der Waals surface area contributed by atoms with Gasteiger partial charge in [-0.05, 0) is 28.7 Å². The molecule has 0 unspecified atom stereocenters. The fourth-order valence-corrected chi connectivity index (χ4v) is 1.35. The SMILES string of the molecule is COCOc1c(I)ccnc1OC. The molecule has 13 heavy (non-hydrogen) atoms. The van der Waals surface area contributed by atoms with Crippen LogP contribution in [0, 0.1) is 3.57 Å². The zero-order valence-corrected chi connectivity index (χ0v) is 9.57. The maximum Gasteiger partial charge on any atom is 0.257 e. The lowest BCUT2D eigenvalue weighted by Gasteiger charge is -2.09. The maximum atomic E-state index is 5.29. The van der Waals surface area contributed by atoms with Crippen molar-refractivity contribution in [1.82, 2.24) is 4.98 Å². The minimum Gasteiger partial charge on any atom is -0.478 e. The van der Waals surface area contributed by atoms with Gasteiger partial charge in [0.2, 0.25) is 0 Å². The van der Waals surface area contributed by atoms with Crippen LogP contribution in [0.25, 0.3) is 0 Å². The molecule has 1 aromatic rings. The first kappa shape index (κ1) is 10.5. The molecule has 0 N–H and O–H groups in total. The van der Waals surface area contributed by atoms with Crippen molar-refractivity contribution in [2.24, 2.45) is 0 Å². The first-order valence-corrected chi connectivity index (χ1v) is 4.67. The van der Waals surface area contributed by atoms with E-state index in [0.717, 1.165) is 3.57 Å². The van der Waals surface area contributed by atoms with Gasteiger partial charge < -0.3 is 14.2 Å². The number of methoxy groups -OCH3 is 2. The number of rotatable bonds is 4. The quantitative estimate of drug-likeness (QED) is 0.626. The molecule has 0 amide bonds. The smallest absolute Gasteiger partial charge is 0.257 e. The number of halogens is 1. The lowest BCUT2D eigenvalue weighted by atomic mass is 10.4. The highest BCUT2D eigenvalue weighted by Gasteiger charge is 2.09. The van der Waals surface area contributed by atoms with Crippen molar-refractivity contribution >= 4 is 22.6 Å². The molecular formula is C8H10INO3. The van der Waals surface area contributed by atoms with Gasteiger partial charge in [0.15, 0.2) is 12.5 Å². The third-order valence-electron chi connectivity index (χ3n) is 1.34. The molecule has 0 atom stereocenters. The summed E-state index contributed by atoms with van der Waals surface area (Å²) in [6, 6.07) is 1.84. The zero-order valence-electron chi connectivity index (χ0n) is 7.41. The van der Waals surface area contributed by atoms with Gasteiger partial charge in [0.25, 0.3) is 5.88 Å². The molecule has 0 aromatic carbocycles. The number of hydrogen-bond acceptors (Lipinski definition) is 4. The molecule has 0 aliphatic heterocycles. The van der Waals surface area contributed by atoms with Crippen LogP contribution in [0.4, 0.5) is 0 Å². The summed E-state index contributed by atoms with van der Waals surface area (Å²) in [6.07, 6.45) is 1.67. The standard InChI is InChI=1S/C8H10INO3/c1-11-5-13-7-6(9)3-4-10-8(7)12-2/h3-4H,5H2,1-2H3. The Morgan fingerprint density at radius 3 is 2.85 bits per heavy atom. The average Bonchev–Trinajstić information content (AvgIpc) is 2.15. The zero-order chi connectivity index (χ0) is 9.68. The van der Waals surface area contributed by atoms with Crippen molar-refractivity contribution in [3.63, 3.8) is 0 Å². The summed E-state index contributed by atoms with van der Waals surface area (Å²) in [5.74, 6) is 1.09. The van der Waals surface area contributed by atoms with Crippen LogP contribution in [-0.4, -0.2) is 26.0 Å². The Balaban J connectivity index is 2.87. The topological polar surface area (TPSA) is 40.6 Å². The highest BCUT2D eigenvalue weighted by molar-refractivity contribution is 14.1. The molecule has 0 aliphatic rings. The van der Waals surface area contributed by atoms with E-state index in [4.69, 9.17) is 14.2 Å². The van der Waals surface area contributed by atoms with Crippen LogP contribution in [0.5, 0.6) is 11.6 Å². The monoisotopic (exact) mass is 295 g/mol. The van der Waals surface area contributed by atoms with E-state index >= 15 is 0 Å². The van der Waals surface area contributed by atoms with E-state index in [9.17, 15) is 0 Å². The number of aromatic nitrogens is 1. The van der Waals surface area contributed by atoms with Crippen molar-refractivity contribution in [3.8, 4) is 11.6 Å². The first-order valence-electron chi connectivity index (χ1n) is 3.59. The van der Waals surface area contributed by atoms with Gasteiger partial charge in [0, 0.05) is 13.3 Å². The van der Waals surface area contributed by atoms with Crippen molar-refractivity contribution in [2.45, 2.75) is 0 Å². The molecule has 0 saturated heterocycles. The summed E-state index contributed by atoms with van der Waals surface area (Å²) in [5.41, 5.74) is 0. The third-order valence-corrected chi connectivity index (χ3v) is 2.19. The molecule has 0 radical (unpaired) electrons. The minimum absolute atomic E-state index is 0.193. The molecule has 72 valence electrons. The second-order valence-electron chi connectivity index (χ2n) is 2.18. The molecule has 0 fully saturated rings. The van der Waals surface area contributed by atoms with Crippen molar-refractivity contribution in [3.05, 3.63) is 15.8 Å². The van der Waals surface area contributed by atoms with E-state index in [2.05, 4.69) is 27.6 Å². The van der Waals surface area contributed by atoms with E-state index in [0.29, 0.717) is 11.6 Å². The molecular weight excluding hydrogens is 285 g/mol. The van der Waals surface area contributed by atoms with Gasteiger partial charge in [0.05, 0.1) is 10.7 Å². The number of pyridine rings is 1. The summed E-state index contributed by atoms with van der Waals surface area (Å²) in [4.78, 5) is 4.00. The van der Waals surface area contributed by atoms with Crippen LogP contribution in [0.2, 0.25) is 0 Å². The average molecular weight is 295 g/mol. The summed E-state index contributed by atoms with van der Waals surface area (Å²) in [5, 5.41) is 0. The Hall–Kier alpha value is -0.560. The molecule has 1 aromatic heterocycles. The summed E-state index contributed by atoms with van der Waals surface area (Å²) in [7, 11) is 3.12. The molecule has 4 nitrogen and oxygen atoms in total. The van der Waals surface area contributed by atoms with E-state index in [1.807, 2.05) is 6.07 Å². The number of hydrogen-bond donors (Lipinski definition) is 0. The second-order valence-corrected chi connectivity index (χ2v) is 3.34. The normalized spacial score (nSPS) is 9.77. The molecule has 1 rings (SSSR count). The van der Waals surface area contributed by atoms with Crippen molar-refractivity contribution in [1.29, 1.82) is 0 Å². The predicted octanol–water partition coefficient (Wildman–Crippen LogP) is 1.68. The van der Waals surface area contributed by atoms with Gasteiger partial charge in [0.1, 0.15) is 0 Å². The first-order chi connectivity index (χ1) is 6.29. The second kappa shape index (κ2) is 5.23. The van der Waals surface area contributed by atoms with Crippen LogP contribution in [0.3, 0.4) is 0 Å². The Bertz CT molecular complexity index is 280. The Labute approximate surface area is 90.3 Å². The van der Waals surface area contributed by atoms with Gasteiger partial charge >= 0.3 is 0 Å². The van der Waals surface area contributed by atoms with Crippen LogP contribution >= 0.6 is 22.6 Å².